The number of hydrogen-bond donors (Lipinski definition) is 6. The monoisotopic (exact) mass is 381 g/mol. The summed E-state index contributed by atoms with van der Waals surface area (Å²) in [4.78, 5) is 42.5. The topological polar surface area (TPSA) is 196 Å². The van der Waals surface area contributed by atoms with Crippen LogP contribution >= 0.6 is 0 Å². The summed E-state index contributed by atoms with van der Waals surface area (Å²) in [6.45, 7) is 1.42. The lowest BCUT2D eigenvalue weighted by Crippen LogP contribution is -2.58. The zero-order chi connectivity index (χ0) is 20.1. The molecular weight excluding hydrogens is 354 g/mol. The Hall–Kier alpha value is -2.89. The van der Waals surface area contributed by atoms with Gasteiger partial charge in [0.1, 0.15) is 6.04 Å². The average Bonchev–Trinajstić information content (AvgIpc) is 3.02. The van der Waals surface area contributed by atoms with Crippen LogP contribution in [0.15, 0.2) is 4.99 Å². The van der Waals surface area contributed by atoms with E-state index in [-0.39, 0.29) is 42.8 Å². The molecule has 0 aliphatic carbocycles. The first-order valence-electron chi connectivity index (χ1n) is 8.69. The van der Waals surface area contributed by atoms with Crippen LogP contribution in [0.3, 0.4) is 0 Å². The third-order valence-corrected chi connectivity index (χ3v) is 4.77. The van der Waals surface area contributed by atoms with Crippen molar-refractivity contribution in [2.75, 3.05) is 26.7 Å². The van der Waals surface area contributed by atoms with E-state index >= 15 is 0 Å². The fourth-order valence-electron chi connectivity index (χ4n) is 3.28. The molecule has 3 atom stereocenters. The van der Waals surface area contributed by atoms with E-state index in [1.54, 1.807) is 4.90 Å². The van der Waals surface area contributed by atoms with Crippen molar-refractivity contribution in [2.45, 2.75) is 31.3 Å². The van der Waals surface area contributed by atoms with E-state index in [1.807, 2.05) is 0 Å². The highest BCUT2D eigenvalue weighted by molar-refractivity contribution is 6.07. The first-order chi connectivity index (χ1) is 12.7. The van der Waals surface area contributed by atoms with Crippen LogP contribution in [0.4, 0.5) is 4.79 Å². The molecule has 1 saturated heterocycles. The molecule has 12 nitrogen and oxygen atoms in total. The number of likely N-dealkylation sites (N-methyl/N-ethyl adjacent to an activating group) is 1. The van der Waals surface area contributed by atoms with E-state index in [0.29, 0.717) is 13.0 Å². The lowest BCUT2D eigenvalue weighted by molar-refractivity contribution is -0.138. The summed E-state index contributed by atoms with van der Waals surface area (Å²) in [6.07, 6.45) is 1.63. The first-order valence-corrected chi connectivity index (χ1v) is 8.69. The molecule has 0 saturated carbocycles. The van der Waals surface area contributed by atoms with Crippen LogP contribution in [0.2, 0.25) is 0 Å². The van der Waals surface area contributed by atoms with E-state index in [0.717, 1.165) is 13.0 Å². The Balaban J connectivity index is 1.83. The molecule has 2 aliphatic heterocycles. The van der Waals surface area contributed by atoms with Gasteiger partial charge < -0.3 is 27.0 Å². The fourth-order valence-corrected chi connectivity index (χ4v) is 3.28. The third kappa shape index (κ3) is 5.54. The lowest BCUT2D eigenvalue weighted by Gasteiger charge is -2.30. The number of primary amides is 1. The van der Waals surface area contributed by atoms with Gasteiger partial charge in [-0.15, -0.1) is 0 Å². The molecule has 27 heavy (non-hydrogen) atoms. The van der Waals surface area contributed by atoms with Gasteiger partial charge in [-0.2, -0.15) is 0 Å². The predicted octanol–water partition coefficient (Wildman–Crippen LogP) is -2.71. The quantitative estimate of drug-likeness (QED) is 0.221. The van der Waals surface area contributed by atoms with Crippen LogP contribution in [0.5, 0.6) is 0 Å². The number of amides is 4. The van der Waals surface area contributed by atoms with Crippen LogP contribution in [0.1, 0.15) is 19.3 Å². The van der Waals surface area contributed by atoms with Crippen LogP contribution in [0.25, 0.3) is 0 Å². The highest BCUT2D eigenvalue weighted by atomic mass is 16.2. The van der Waals surface area contributed by atoms with Gasteiger partial charge in [-0.1, -0.05) is 0 Å². The van der Waals surface area contributed by atoms with Crippen molar-refractivity contribution in [3.63, 3.8) is 0 Å². The van der Waals surface area contributed by atoms with Gasteiger partial charge in [0.15, 0.2) is 5.96 Å². The molecule has 9 N–H and O–H groups in total. The molecule has 4 amide bonds. The molecule has 0 aromatic heterocycles. The van der Waals surface area contributed by atoms with Crippen molar-refractivity contribution in [1.82, 2.24) is 20.4 Å². The van der Waals surface area contributed by atoms with Crippen molar-refractivity contribution < 1.29 is 14.4 Å². The van der Waals surface area contributed by atoms with E-state index in [1.165, 1.54) is 11.9 Å². The van der Waals surface area contributed by atoms with Crippen molar-refractivity contribution >= 4 is 29.8 Å². The number of hydrogen-bond acceptors (Lipinski definition) is 6. The van der Waals surface area contributed by atoms with Crippen molar-refractivity contribution in [2.24, 2.45) is 28.1 Å². The second-order valence-electron chi connectivity index (χ2n) is 6.87. The van der Waals surface area contributed by atoms with Crippen LogP contribution in [-0.4, -0.2) is 78.3 Å². The summed E-state index contributed by atoms with van der Waals surface area (Å²) in [5.41, 5.74) is 16.6. The summed E-state index contributed by atoms with van der Waals surface area (Å²) < 4.78 is 0. The zero-order valence-electron chi connectivity index (χ0n) is 15.3. The van der Waals surface area contributed by atoms with Crippen molar-refractivity contribution in [3.05, 3.63) is 0 Å². The van der Waals surface area contributed by atoms with E-state index < -0.39 is 18.0 Å². The predicted molar refractivity (Wildman–Crippen MR) is 98.5 cm³/mol. The lowest BCUT2D eigenvalue weighted by atomic mass is 9.97. The Morgan fingerprint density at radius 1 is 1.48 bits per heavy atom. The van der Waals surface area contributed by atoms with Gasteiger partial charge in [0.05, 0.1) is 6.54 Å². The third-order valence-electron chi connectivity index (χ3n) is 4.77. The number of carbonyl (C=O) groups is 3. The fraction of sp³-hybridized carbons (Fsp3) is 0.667. The van der Waals surface area contributed by atoms with Gasteiger partial charge in [-0.25, -0.2) is 9.79 Å². The van der Waals surface area contributed by atoms with E-state index in [9.17, 15) is 14.4 Å². The zero-order valence-corrected chi connectivity index (χ0v) is 15.3. The minimum Gasteiger partial charge on any atom is -0.370 e. The van der Waals surface area contributed by atoms with Gasteiger partial charge in [0, 0.05) is 32.6 Å². The normalized spacial score (nSPS) is 23.3. The molecule has 1 fully saturated rings. The Labute approximate surface area is 157 Å². The number of urea groups is 1. The van der Waals surface area contributed by atoms with Crippen LogP contribution < -0.4 is 27.8 Å². The number of nitrogens with two attached hydrogens (primary N) is 3. The summed E-state index contributed by atoms with van der Waals surface area (Å²) in [6, 6.07) is -1.96. The van der Waals surface area contributed by atoms with Crippen molar-refractivity contribution in [3.8, 4) is 0 Å². The second-order valence-corrected chi connectivity index (χ2v) is 6.87. The molecule has 0 spiro atoms. The molecule has 2 heterocycles. The minimum atomic E-state index is -0.835. The number of likely N-dealkylation sites (tertiary alicyclic amines) is 1. The summed E-state index contributed by atoms with van der Waals surface area (Å²) in [5.74, 6) is -0.405. The Morgan fingerprint density at radius 2 is 2.19 bits per heavy atom. The number of carbonyl (C=O) groups excluding carboxylic acids is 3. The summed E-state index contributed by atoms with van der Waals surface area (Å²) >= 11 is 0. The number of nitrogens with zero attached hydrogens (tertiary/aromatic N) is 3. The number of rotatable bonds is 5. The molecule has 2 rings (SSSR count). The second kappa shape index (κ2) is 8.66. The maximum absolute atomic E-state index is 12.5. The maximum atomic E-state index is 12.5. The van der Waals surface area contributed by atoms with Gasteiger partial charge in [-0.3, -0.25) is 25.6 Å². The molecule has 0 aromatic carbocycles. The van der Waals surface area contributed by atoms with Crippen LogP contribution in [-0.2, 0) is 9.59 Å². The standard InChI is InChI=1S/C15H27N9O3/c1-23(10-6-20-15(21-12(10)26)22-14(19)27)11(25)5-9(16)4-8-2-3-24(7-8)13(17)18/h8-10H,2-7,16H2,1H3,(H3,17,18)(H4,19,20,21,22,26,27)/t8-,9+,10?/m1/s1. The first kappa shape index (κ1) is 20.4. The number of guanidine groups is 2. The molecule has 0 aromatic rings. The summed E-state index contributed by atoms with van der Waals surface area (Å²) in [7, 11) is 1.52. The Kier molecular flexibility index (Phi) is 6.55. The number of aliphatic imine (C=N–C) groups is 1. The van der Waals surface area contributed by atoms with E-state index in [4.69, 9.17) is 22.6 Å². The molecular formula is C15H27N9O3. The molecule has 150 valence electrons. The largest absolute Gasteiger partial charge is 0.370 e. The van der Waals surface area contributed by atoms with Gasteiger partial charge in [0.2, 0.25) is 11.9 Å². The van der Waals surface area contributed by atoms with Crippen LogP contribution in [0, 0.1) is 11.3 Å². The Bertz CT molecular complexity index is 650. The molecule has 0 radical (unpaired) electrons. The molecule has 2 aliphatic rings. The average molecular weight is 381 g/mol. The molecule has 12 heteroatoms. The Morgan fingerprint density at radius 3 is 2.74 bits per heavy atom. The SMILES string of the molecule is CN(C(=O)C[C@@H](N)C[C@H]1CCN(C(=N)N)C1)C1CN=C(NC(N)=O)NC1=O. The summed E-state index contributed by atoms with van der Waals surface area (Å²) in [5, 5.41) is 12.0. The maximum Gasteiger partial charge on any atom is 0.318 e. The van der Waals surface area contributed by atoms with Gasteiger partial charge >= 0.3 is 6.03 Å². The van der Waals surface area contributed by atoms with E-state index in [2.05, 4.69) is 15.6 Å². The smallest absolute Gasteiger partial charge is 0.318 e. The number of nitrogens with one attached hydrogen (secondary N) is 3. The van der Waals surface area contributed by atoms with Gasteiger partial charge in [0.25, 0.3) is 5.91 Å². The highest BCUT2D eigenvalue weighted by Crippen LogP contribution is 2.21. The highest BCUT2D eigenvalue weighted by Gasteiger charge is 2.32. The van der Waals surface area contributed by atoms with Gasteiger partial charge in [-0.05, 0) is 18.8 Å². The molecule has 1 unspecified atom stereocenters. The van der Waals surface area contributed by atoms with Crippen molar-refractivity contribution in [1.29, 1.82) is 5.41 Å². The molecule has 0 bridgehead atoms. The minimum absolute atomic E-state index is 0.0229.